The molecule has 128 valence electrons. The summed E-state index contributed by atoms with van der Waals surface area (Å²) in [5.41, 5.74) is 1.78. The standard InChI is InChI=1S/C18H25N5O/c1-12(2)18(24)23-8-5-6-14(11-23)16-20-13(3)10-15(21-16)17-19-7-9-22(17)4/h7,9-10,12,14H,5-6,8,11H2,1-4H3/t14-/m1/s1. The van der Waals surface area contributed by atoms with Crippen molar-refractivity contribution < 1.29 is 4.79 Å². The van der Waals surface area contributed by atoms with Crippen molar-refractivity contribution in [2.75, 3.05) is 13.1 Å². The number of hydrogen-bond acceptors (Lipinski definition) is 4. The Morgan fingerprint density at radius 3 is 2.79 bits per heavy atom. The Morgan fingerprint density at radius 2 is 2.12 bits per heavy atom. The second-order valence-electron chi connectivity index (χ2n) is 6.89. The van der Waals surface area contributed by atoms with Gasteiger partial charge in [-0.05, 0) is 25.8 Å². The Balaban J connectivity index is 1.88. The molecule has 1 saturated heterocycles. The van der Waals surface area contributed by atoms with Crippen LogP contribution >= 0.6 is 0 Å². The molecule has 3 heterocycles. The first-order valence-corrected chi connectivity index (χ1v) is 8.57. The van der Waals surface area contributed by atoms with Crippen LogP contribution in [0.3, 0.4) is 0 Å². The molecule has 1 amide bonds. The molecule has 0 spiro atoms. The summed E-state index contributed by atoms with van der Waals surface area (Å²) in [4.78, 5) is 28.1. The number of nitrogens with zero attached hydrogens (tertiary/aromatic N) is 5. The number of rotatable bonds is 3. The second-order valence-corrected chi connectivity index (χ2v) is 6.89. The summed E-state index contributed by atoms with van der Waals surface area (Å²) in [5, 5.41) is 0. The molecule has 1 atom stereocenters. The highest BCUT2D eigenvalue weighted by Gasteiger charge is 2.28. The zero-order valence-electron chi connectivity index (χ0n) is 14.9. The molecule has 0 aliphatic carbocycles. The van der Waals surface area contributed by atoms with Crippen LogP contribution < -0.4 is 0 Å². The molecule has 6 nitrogen and oxygen atoms in total. The van der Waals surface area contributed by atoms with E-state index in [1.54, 1.807) is 6.20 Å². The maximum atomic E-state index is 12.3. The fourth-order valence-electron chi connectivity index (χ4n) is 3.25. The molecule has 2 aromatic heterocycles. The molecule has 0 aromatic carbocycles. The molecule has 3 rings (SSSR count). The smallest absolute Gasteiger partial charge is 0.225 e. The van der Waals surface area contributed by atoms with E-state index < -0.39 is 0 Å². The molecule has 0 bridgehead atoms. The van der Waals surface area contributed by atoms with Gasteiger partial charge in [0.2, 0.25) is 5.91 Å². The predicted octanol–water partition coefficient (Wildman–Crippen LogP) is 2.55. The fraction of sp³-hybridized carbons (Fsp3) is 0.556. The Morgan fingerprint density at radius 1 is 1.33 bits per heavy atom. The minimum Gasteiger partial charge on any atom is -0.342 e. The van der Waals surface area contributed by atoms with Crippen molar-refractivity contribution in [2.45, 2.75) is 39.5 Å². The highest BCUT2D eigenvalue weighted by molar-refractivity contribution is 5.78. The van der Waals surface area contributed by atoms with Gasteiger partial charge in [-0.1, -0.05) is 13.8 Å². The number of piperidine rings is 1. The van der Waals surface area contributed by atoms with Crippen molar-refractivity contribution >= 4 is 5.91 Å². The van der Waals surface area contributed by atoms with E-state index in [1.165, 1.54) is 0 Å². The van der Waals surface area contributed by atoms with Crippen LogP contribution in [-0.2, 0) is 11.8 Å². The van der Waals surface area contributed by atoms with E-state index in [0.717, 1.165) is 42.4 Å². The molecule has 24 heavy (non-hydrogen) atoms. The van der Waals surface area contributed by atoms with Gasteiger partial charge in [0.15, 0.2) is 5.82 Å². The zero-order chi connectivity index (χ0) is 17.3. The molecule has 1 fully saturated rings. The zero-order valence-corrected chi connectivity index (χ0v) is 14.9. The maximum absolute atomic E-state index is 12.3. The van der Waals surface area contributed by atoms with Crippen LogP contribution in [0.2, 0.25) is 0 Å². The number of likely N-dealkylation sites (tertiary alicyclic amines) is 1. The first kappa shape index (κ1) is 16.6. The van der Waals surface area contributed by atoms with E-state index >= 15 is 0 Å². The van der Waals surface area contributed by atoms with E-state index in [1.807, 2.05) is 49.5 Å². The molecular weight excluding hydrogens is 302 g/mol. The van der Waals surface area contributed by atoms with Crippen molar-refractivity contribution in [3.05, 3.63) is 30.0 Å². The van der Waals surface area contributed by atoms with Crippen LogP contribution in [0.5, 0.6) is 0 Å². The van der Waals surface area contributed by atoms with Crippen LogP contribution in [0.15, 0.2) is 18.5 Å². The van der Waals surface area contributed by atoms with E-state index in [9.17, 15) is 4.79 Å². The first-order valence-electron chi connectivity index (χ1n) is 8.57. The molecule has 2 aromatic rings. The highest BCUT2D eigenvalue weighted by Crippen LogP contribution is 2.27. The van der Waals surface area contributed by atoms with Gasteiger partial charge in [0, 0.05) is 50.1 Å². The molecule has 1 aliphatic heterocycles. The first-order chi connectivity index (χ1) is 11.5. The van der Waals surface area contributed by atoms with Crippen LogP contribution in [0.4, 0.5) is 0 Å². The van der Waals surface area contributed by atoms with Crippen LogP contribution in [0, 0.1) is 12.8 Å². The maximum Gasteiger partial charge on any atom is 0.225 e. The van der Waals surface area contributed by atoms with Gasteiger partial charge in [-0.25, -0.2) is 15.0 Å². The normalized spacial score (nSPS) is 18.2. The van der Waals surface area contributed by atoms with Crippen molar-refractivity contribution in [3.63, 3.8) is 0 Å². The van der Waals surface area contributed by atoms with Gasteiger partial charge in [0.25, 0.3) is 0 Å². The Hall–Kier alpha value is -2.24. The third kappa shape index (κ3) is 3.32. The molecule has 1 aliphatic rings. The summed E-state index contributed by atoms with van der Waals surface area (Å²) >= 11 is 0. The average molecular weight is 327 g/mol. The Labute approximate surface area is 142 Å². The molecule has 0 unspecified atom stereocenters. The van der Waals surface area contributed by atoms with E-state index in [-0.39, 0.29) is 17.7 Å². The van der Waals surface area contributed by atoms with Crippen molar-refractivity contribution in [1.82, 2.24) is 24.4 Å². The van der Waals surface area contributed by atoms with Crippen LogP contribution in [0.25, 0.3) is 11.5 Å². The van der Waals surface area contributed by atoms with Gasteiger partial charge in [0.05, 0.1) is 0 Å². The SMILES string of the molecule is Cc1cc(-c2nccn2C)nc([C@@H]2CCCN(C(=O)C(C)C)C2)n1. The summed E-state index contributed by atoms with van der Waals surface area (Å²) in [6.07, 6.45) is 5.70. The average Bonchev–Trinajstić information content (AvgIpc) is 2.99. The number of carbonyl (C=O) groups excluding carboxylic acids is 1. The van der Waals surface area contributed by atoms with Gasteiger partial charge in [-0.15, -0.1) is 0 Å². The lowest BCUT2D eigenvalue weighted by Crippen LogP contribution is -2.41. The Kier molecular flexibility index (Phi) is 4.64. The number of hydrogen-bond donors (Lipinski definition) is 0. The fourth-order valence-corrected chi connectivity index (χ4v) is 3.25. The summed E-state index contributed by atoms with van der Waals surface area (Å²) < 4.78 is 1.96. The summed E-state index contributed by atoms with van der Waals surface area (Å²) in [7, 11) is 1.96. The van der Waals surface area contributed by atoms with E-state index in [4.69, 9.17) is 4.98 Å². The largest absolute Gasteiger partial charge is 0.342 e. The lowest BCUT2D eigenvalue weighted by molar-refractivity contribution is -0.135. The molecule has 0 saturated carbocycles. The lowest BCUT2D eigenvalue weighted by Gasteiger charge is -2.33. The molecular formula is C18H25N5O. The topological polar surface area (TPSA) is 63.9 Å². The minimum absolute atomic E-state index is 0.0327. The highest BCUT2D eigenvalue weighted by atomic mass is 16.2. The number of amides is 1. The number of aromatic nitrogens is 4. The molecule has 0 radical (unpaired) electrons. The summed E-state index contributed by atoms with van der Waals surface area (Å²) in [6.45, 7) is 7.44. The summed E-state index contributed by atoms with van der Waals surface area (Å²) in [6, 6.07) is 1.96. The predicted molar refractivity (Wildman–Crippen MR) is 92.4 cm³/mol. The number of carbonyl (C=O) groups is 1. The molecule has 0 N–H and O–H groups in total. The van der Waals surface area contributed by atoms with Crippen molar-refractivity contribution in [2.24, 2.45) is 13.0 Å². The van der Waals surface area contributed by atoms with Crippen molar-refractivity contribution in [1.29, 1.82) is 0 Å². The van der Waals surface area contributed by atoms with Gasteiger partial charge in [0.1, 0.15) is 11.5 Å². The van der Waals surface area contributed by atoms with Gasteiger partial charge < -0.3 is 9.47 Å². The Bertz CT molecular complexity index is 737. The number of aryl methyl sites for hydroxylation is 2. The second kappa shape index (κ2) is 6.71. The van der Waals surface area contributed by atoms with Crippen LogP contribution in [0.1, 0.15) is 44.1 Å². The third-order valence-corrected chi connectivity index (χ3v) is 4.51. The lowest BCUT2D eigenvalue weighted by atomic mass is 9.96. The minimum atomic E-state index is 0.0327. The van der Waals surface area contributed by atoms with Gasteiger partial charge >= 0.3 is 0 Å². The quantitative estimate of drug-likeness (QED) is 0.869. The van der Waals surface area contributed by atoms with Crippen LogP contribution in [-0.4, -0.2) is 43.4 Å². The molecule has 6 heteroatoms. The van der Waals surface area contributed by atoms with E-state index in [2.05, 4.69) is 9.97 Å². The van der Waals surface area contributed by atoms with E-state index in [0.29, 0.717) is 6.54 Å². The van der Waals surface area contributed by atoms with Gasteiger partial charge in [-0.2, -0.15) is 0 Å². The number of imidazole rings is 1. The monoisotopic (exact) mass is 327 g/mol. The third-order valence-electron chi connectivity index (χ3n) is 4.51. The summed E-state index contributed by atoms with van der Waals surface area (Å²) in [5.74, 6) is 2.12. The van der Waals surface area contributed by atoms with Gasteiger partial charge in [-0.3, -0.25) is 4.79 Å². The van der Waals surface area contributed by atoms with Crippen molar-refractivity contribution in [3.8, 4) is 11.5 Å².